The highest BCUT2D eigenvalue weighted by Gasteiger charge is 2.04. The lowest BCUT2D eigenvalue weighted by Gasteiger charge is -2.06. The number of nitrogens with one attached hydrogen (secondary N) is 1. The number of nitrogens with zero attached hydrogens (tertiary/aromatic N) is 3. The molecule has 0 amide bonds. The molecule has 0 fully saturated rings. The van der Waals surface area contributed by atoms with Gasteiger partial charge in [0.2, 0.25) is 0 Å². The van der Waals surface area contributed by atoms with Gasteiger partial charge in [0, 0.05) is 24.9 Å². The Kier molecular flexibility index (Phi) is 3.60. The van der Waals surface area contributed by atoms with Gasteiger partial charge in [-0.3, -0.25) is 4.68 Å². The third-order valence-corrected chi connectivity index (χ3v) is 3.09. The van der Waals surface area contributed by atoms with E-state index >= 15 is 0 Å². The first-order chi connectivity index (χ1) is 9.86. The zero-order valence-corrected chi connectivity index (χ0v) is 11.3. The fraction of sp³-hybridized carbons (Fsp3) is 0.200. The molecule has 102 valence electrons. The number of aromatic nitrogens is 3. The molecule has 3 rings (SSSR count). The molecule has 2 heterocycles. The van der Waals surface area contributed by atoms with Crippen LogP contribution in [0.5, 0.6) is 0 Å². The van der Waals surface area contributed by atoms with Crippen LogP contribution in [0.15, 0.2) is 48.9 Å². The molecular formula is C15H16N4O. The average molecular weight is 268 g/mol. The van der Waals surface area contributed by atoms with Crippen LogP contribution in [-0.2, 0) is 11.3 Å². The van der Waals surface area contributed by atoms with Gasteiger partial charge in [-0.15, -0.1) is 0 Å². The molecule has 0 aliphatic heterocycles. The van der Waals surface area contributed by atoms with Crippen molar-refractivity contribution in [2.75, 3.05) is 19.0 Å². The fourth-order valence-electron chi connectivity index (χ4n) is 2.09. The Morgan fingerprint density at radius 3 is 3.05 bits per heavy atom. The molecule has 0 saturated carbocycles. The topological polar surface area (TPSA) is 52.0 Å². The number of rotatable bonds is 5. The van der Waals surface area contributed by atoms with Crippen molar-refractivity contribution >= 4 is 22.3 Å². The Morgan fingerprint density at radius 2 is 2.15 bits per heavy atom. The minimum Gasteiger partial charge on any atom is -0.383 e. The van der Waals surface area contributed by atoms with Crippen LogP contribution in [0.25, 0.3) is 10.8 Å². The van der Waals surface area contributed by atoms with E-state index in [1.54, 1.807) is 19.5 Å². The fourth-order valence-corrected chi connectivity index (χ4v) is 2.09. The second-order valence-electron chi connectivity index (χ2n) is 4.49. The molecule has 5 heteroatoms. The van der Waals surface area contributed by atoms with Gasteiger partial charge in [0.05, 0.1) is 25.0 Å². The van der Waals surface area contributed by atoms with Gasteiger partial charge in [-0.05, 0) is 11.5 Å². The first-order valence-electron chi connectivity index (χ1n) is 6.49. The minimum atomic E-state index is 0.646. The van der Waals surface area contributed by atoms with E-state index in [2.05, 4.69) is 27.5 Å². The maximum atomic E-state index is 5.04. The van der Waals surface area contributed by atoms with Crippen molar-refractivity contribution in [2.24, 2.45) is 0 Å². The predicted molar refractivity (Wildman–Crippen MR) is 79.1 cm³/mol. The van der Waals surface area contributed by atoms with E-state index in [-0.39, 0.29) is 0 Å². The van der Waals surface area contributed by atoms with Gasteiger partial charge in [-0.2, -0.15) is 5.10 Å². The van der Waals surface area contributed by atoms with E-state index in [0.29, 0.717) is 6.61 Å². The standard InChI is InChI=1S/C15H16N4O/c1-20-9-8-19-11-13(10-17-19)18-15-14-5-3-2-4-12(14)6-7-16-15/h2-7,10-11H,8-9H2,1H3,(H,16,18). The van der Waals surface area contributed by atoms with Gasteiger partial charge in [0.1, 0.15) is 5.82 Å². The first-order valence-corrected chi connectivity index (χ1v) is 6.49. The molecule has 0 atom stereocenters. The van der Waals surface area contributed by atoms with Crippen molar-refractivity contribution in [3.63, 3.8) is 0 Å². The molecule has 0 saturated heterocycles. The lowest BCUT2D eigenvalue weighted by atomic mass is 10.1. The largest absolute Gasteiger partial charge is 0.383 e. The Hall–Kier alpha value is -2.40. The quantitative estimate of drug-likeness (QED) is 0.773. The average Bonchev–Trinajstić information content (AvgIpc) is 2.93. The molecule has 0 aliphatic carbocycles. The molecule has 0 bridgehead atoms. The van der Waals surface area contributed by atoms with Gasteiger partial charge in [0.25, 0.3) is 0 Å². The van der Waals surface area contributed by atoms with Gasteiger partial charge in [-0.1, -0.05) is 24.3 Å². The first kappa shape index (κ1) is 12.6. The molecule has 1 N–H and O–H groups in total. The van der Waals surface area contributed by atoms with E-state index in [0.717, 1.165) is 28.8 Å². The highest BCUT2D eigenvalue weighted by atomic mass is 16.5. The van der Waals surface area contributed by atoms with Crippen LogP contribution in [0.2, 0.25) is 0 Å². The maximum Gasteiger partial charge on any atom is 0.138 e. The van der Waals surface area contributed by atoms with Crippen molar-refractivity contribution < 1.29 is 4.74 Å². The molecule has 2 aromatic heterocycles. The number of hydrogen-bond donors (Lipinski definition) is 1. The third-order valence-electron chi connectivity index (χ3n) is 3.09. The van der Waals surface area contributed by atoms with E-state index < -0.39 is 0 Å². The van der Waals surface area contributed by atoms with Crippen LogP contribution in [0.4, 0.5) is 11.5 Å². The highest BCUT2D eigenvalue weighted by molar-refractivity contribution is 5.92. The summed E-state index contributed by atoms with van der Waals surface area (Å²) in [5, 5.41) is 9.85. The summed E-state index contributed by atoms with van der Waals surface area (Å²) in [5.74, 6) is 0.842. The molecule has 1 aromatic carbocycles. The number of anilines is 2. The summed E-state index contributed by atoms with van der Waals surface area (Å²) >= 11 is 0. The van der Waals surface area contributed by atoms with Crippen LogP contribution in [-0.4, -0.2) is 28.5 Å². The summed E-state index contributed by atoms with van der Waals surface area (Å²) in [7, 11) is 1.68. The van der Waals surface area contributed by atoms with Crippen LogP contribution in [0, 0.1) is 0 Å². The molecule has 0 radical (unpaired) electrons. The third kappa shape index (κ3) is 2.62. The summed E-state index contributed by atoms with van der Waals surface area (Å²) in [4.78, 5) is 4.40. The van der Waals surface area contributed by atoms with E-state index in [4.69, 9.17) is 4.74 Å². The lowest BCUT2D eigenvalue weighted by Crippen LogP contribution is -2.03. The van der Waals surface area contributed by atoms with Crippen molar-refractivity contribution in [1.29, 1.82) is 0 Å². The Balaban J connectivity index is 1.84. The van der Waals surface area contributed by atoms with Crippen LogP contribution in [0.1, 0.15) is 0 Å². The second kappa shape index (κ2) is 5.71. The van der Waals surface area contributed by atoms with Crippen LogP contribution >= 0.6 is 0 Å². The van der Waals surface area contributed by atoms with Crippen molar-refractivity contribution in [3.8, 4) is 0 Å². The normalized spacial score (nSPS) is 10.8. The number of fused-ring (bicyclic) bond motifs is 1. The number of pyridine rings is 1. The van der Waals surface area contributed by atoms with Crippen LogP contribution in [0.3, 0.4) is 0 Å². The maximum absolute atomic E-state index is 5.04. The Labute approximate surface area is 117 Å². The molecule has 5 nitrogen and oxygen atoms in total. The van der Waals surface area contributed by atoms with Crippen LogP contribution < -0.4 is 5.32 Å². The summed E-state index contributed by atoms with van der Waals surface area (Å²) in [6.07, 6.45) is 5.54. The van der Waals surface area contributed by atoms with E-state index in [1.807, 2.05) is 29.1 Å². The minimum absolute atomic E-state index is 0.646. The van der Waals surface area contributed by atoms with Gasteiger partial charge in [0.15, 0.2) is 0 Å². The summed E-state index contributed by atoms with van der Waals surface area (Å²) in [6, 6.07) is 10.2. The monoisotopic (exact) mass is 268 g/mol. The molecule has 0 aliphatic rings. The zero-order chi connectivity index (χ0) is 13.8. The van der Waals surface area contributed by atoms with Crippen molar-refractivity contribution in [2.45, 2.75) is 6.54 Å². The van der Waals surface area contributed by atoms with Crippen molar-refractivity contribution in [1.82, 2.24) is 14.8 Å². The molecule has 0 unspecified atom stereocenters. The van der Waals surface area contributed by atoms with Crippen molar-refractivity contribution in [3.05, 3.63) is 48.9 Å². The molecule has 0 spiro atoms. The Morgan fingerprint density at radius 1 is 1.25 bits per heavy atom. The number of methoxy groups -OCH3 is 1. The van der Waals surface area contributed by atoms with E-state index in [1.165, 1.54) is 0 Å². The SMILES string of the molecule is COCCn1cc(Nc2nccc3ccccc23)cn1. The zero-order valence-electron chi connectivity index (χ0n) is 11.3. The molecule has 20 heavy (non-hydrogen) atoms. The molecule has 3 aromatic rings. The summed E-state index contributed by atoms with van der Waals surface area (Å²) in [5.41, 5.74) is 0.921. The second-order valence-corrected chi connectivity index (χ2v) is 4.49. The summed E-state index contributed by atoms with van der Waals surface area (Å²) in [6.45, 7) is 1.38. The van der Waals surface area contributed by atoms with Gasteiger partial charge >= 0.3 is 0 Å². The number of benzene rings is 1. The van der Waals surface area contributed by atoms with Gasteiger partial charge < -0.3 is 10.1 Å². The van der Waals surface area contributed by atoms with E-state index in [9.17, 15) is 0 Å². The lowest BCUT2D eigenvalue weighted by molar-refractivity contribution is 0.183. The Bertz CT molecular complexity index is 702. The number of ether oxygens (including phenoxy) is 1. The smallest absolute Gasteiger partial charge is 0.138 e. The highest BCUT2D eigenvalue weighted by Crippen LogP contribution is 2.23. The number of hydrogen-bond acceptors (Lipinski definition) is 4. The predicted octanol–water partition coefficient (Wildman–Crippen LogP) is 2.82. The molecular weight excluding hydrogens is 252 g/mol. The van der Waals surface area contributed by atoms with Gasteiger partial charge in [-0.25, -0.2) is 4.98 Å². The summed E-state index contributed by atoms with van der Waals surface area (Å²) < 4.78 is 6.88.